The van der Waals surface area contributed by atoms with Crippen molar-refractivity contribution in [3.8, 4) is 5.75 Å². The van der Waals surface area contributed by atoms with Crippen LogP contribution >= 0.6 is 0 Å². The summed E-state index contributed by atoms with van der Waals surface area (Å²) in [4.78, 5) is 22.5. The number of ether oxygens (including phenoxy) is 1. The number of methoxy groups -OCH3 is 1. The van der Waals surface area contributed by atoms with E-state index >= 15 is 0 Å². The van der Waals surface area contributed by atoms with Crippen molar-refractivity contribution in [1.82, 2.24) is 10.7 Å². The van der Waals surface area contributed by atoms with E-state index in [0.717, 1.165) is 0 Å². The maximum absolute atomic E-state index is 11.3. The van der Waals surface area contributed by atoms with Gasteiger partial charge in [-0.3, -0.25) is 9.59 Å². The summed E-state index contributed by atoms with van der Waals surface area (Å²) < 4.78 is 4.72. The summed E-state index contributed by atoms with van der Waals surface area (Å²) in [6, 6.07) is 6.47. The van der Waals surface area contributed by atoms with Crippen molar-refractivity contribution in [1.29, 1.82) is 0 Å². The maximum Gasteiger partial charge on any atom is 0.329 e. The van der Waals surface area contributed by atoms with Gasteiger partial charge in [-0.1, -0.05) is 12.1 Å². The molecule has 0 aliphatic rings. The number of amides is 2. The Kier molecular flexibility index (Phi) is 6.04. The van der Waals surface area contributed by atoms with Crippen LogP contribution in [-0.4, -0.2) is 43.4 Å². The van der Waals surface area contributed by atoms with Gasteiger partial charge >= 0.3 is 11.8 Å². The Morgan fingerprint density at radius 2 is 2.11 bits per heavy atom. The van der Waals surface area contributed by atoms with Crippen molar-refractivity contribution in [2.75, 3.05) is 20.3 Å². The fraction of sp³-hybridized carbons (Fsp3) is 0.250. The zero-order valence-electron chi connectivity index (χ0n) is 10.4. The summed E-state index contributed by atoms with van der Waals surface area (Å²) in [7, 11) is 1.49. The molecule has 0 atom stereocenters. The van der Waals surface area contributed by atoms with Gasteiger partial charge in [0.25, 0.3) is 0 Å². The Morgan fingerprint density at radius 3 is 2.79 bits per heavy atom. The lowest BCUT2D eigenvalue weighted by Crippen LogP contribution is -2.39. The van der Waals surface area contributed by atoms with E-state index in [0.29, 0.717) is 12.2 Å². The smallest absolute Gasteiger partial charge is 0.329 e. The molecule has 0 aromatic heterocycles. The largest absolute Gasteiger partial charge is 0.507 e. The summed E-state index contributed by atoms with van der Waals surface area (Å²) in [5.41, 5.74) is 2.48. The molecule has 0 heterocycles. The molecule has 7 nitrogen and oxygen atoms in total. The molecule has 0 aliphatic heterocycles. The maximum atomic E-state index is 11.3. The number of hydrogen-bond acceptors (Lipinski definition) is 5. The zero-order valence-corrected chi connectivity index (χ0v) is 10.4. The van der Waals surface area contributed by atoms with Gasteiger partial charge in [-0.05, 0) is 12.1 Å². The van der Waals surface area contributed by atoms with Gasteiger partial charge in [0, 0.05) is 19.2 Å². The summed E-state index contributed by atoms with van der Waals surface area (Å²) >= 11 is 0. The number of phenolic OH excluding ortho intramolecular Hbond substituents is 1. The number of rotatable bonds is 5. The summed E-state index contributed by atoms with van der Waals surface area (Å²) in [5.74, 6) is -1.65. The zero-order chi connectivity index (χ0) is 14.1. The molecule has 1 rings (SSSR count). The summed E-state index contributed by atoms with van der Waals surface area (Å²) in [6.07, 6.45) is 1.25. The number of carbonyl (C=O) groups excluding carboxylic acids is 2. The number of phenols is 1. The highest BCUT2D eigenvalue weighted by atomic mass is 16.5. The lowest BCUT2D eigenvalue weighted by Gasteiger charge is -2.02. The number of benzene rings is 1. The normalized spacial score (nSPS) is 10.4. The van der Waals surface area contributed by atoms with E-state index in [9.17, 15) is 14.7 Å². The van der Waals surface area contributed by atoms with E-state index in [2.05, 4.69) is 15.8 Å². The quantitative estimate of drug-likeness (QED) is 0.292. The van der Waals surface area contributed by atoms with E-state index in [4.69, 9.17) is 4.74 Å². The Labute approximate surface area is 110 Å². The van der Waals surface area contributed by atoms with Crippen molar-refractivity contribution in [2.24, 2.45) is 5.10 Å². The van der Waals surface area contributed by atoms with Gasteiger partial charge in [0.15, 0.2) is 0 Å². The molecule has 0 unspecified atom stereocenters. The van der Waals surface area contributed by atoms with Crippen LogP contribution in [0.25, 0.3) is 0 Å². The van der Waals surface area contributed by atoms with Crippen LogP contribution in [0.15, 0.2) is 29.4 Å². The van der Waals surface area contributed by atoms with Crippen molar-refractivity contribution in [3.05, 3.63) is 29.8 Å². The second-order valence-electron chi connectivity index (χ2n) is 3.51. The van der Waals surface area contributed by atoms with Gasteiger partial charge in [-0.2, -0.15) is 5.10 Å². The minimum atomic E-state index is -0.886. The molecule has 0 saturated heterocycles. The van der Waals surface area contributed by atoms with Crippen LogP contribution in [0.2, 0.25) is 0 Å². The highest BCUT2D eigenvalue weighted by molar-refractivity contribution is 6.35. The number of aromatic hydroxyl groups is 1. The van der Waals surface area contributed by atoms with E-state index < -0.39 is 11.8 Å². The highest BCUT2D eigenvalue weighted by Crippen LogP contribution is 2.12. The Hall–Kier alpha value is -2.41. The van der Waals surface area contributed by atoms with Crippen LogP contribution in [-0.2, 0) is 14.3 Å². The predicted octanol–water partition coefficient (Wildman–Crippen LogP) is -0.395. The van der Waals surface area contributed by atoms with Gasteiger partial charge in [0.05, 0.1) is 12.8 Å². The predicted molar refractivity (Wildman–Crippen MR) is 68.7 cm³/mol. The number of nitrogens with one attached hydrogen (secondary N) is 2. The summed E-state index contributed by atoms with van der Waals surface area (Å²) in [6.45, 7) is 0.562. The van der Waals surface area contributed by atoms with Gasteiger partial charge < -0.3 is 15.2 Å². The fourth-order valence-corrected chi connectivity index (χ4v) is 1.15. The lowest BCUT2D eigenvalue weighted by molar-refractivity contribution is -0.139. The van der Waals surface area contributed by atoms with E-state index in [-0.39, 0.29) is 12.3 Å². The van der Waals surface area contributed by atoms with E-state index in [1.54, 1.807) is 18.2 Å². The minimum absolute atomic E-state index is 0.0324. The monoisotopic (exact) mass is 265 g/mol. The third-order valence-corrected chi connectivity index (χ3v) is 2.10. The molecule has 19 heavy (non-hydrogen) atoms. The second-order valence-corrected chi connectivity index (χ2v) is 3.51. The average molecular weight is 265 g/mol. The minimum Gasteiger partial charge on any atom is -0.507 e. The van der Waals surface area contributed by atoms with E-state index in [1.165, 1.54) is 19.4 Å². The molecule has 0 bridgehead atoms. The molecular weight excluding hydrogens is 250 g/mol. The highest BCUT2D eigenvalue weighted by Gasteiger charge is 2.11. The average Bonchev–Trinajstić information content (AvgIpc) is 2.41. The fourth-order valence-electron chi connectivity index (χ4n) is 1.15. The van der Waals surface area contributed by atoms with Crippen LogP contribution in [0.4, 0.5) is 0 Å². The molecule has 0 spiro atoms. The van der Waals surface area contributed by atoms with Crippen LogP contribution < -0.4 is 10.7 Å². The molecule has 0 fully saturated rings. The Morgan fingerprint density at radius 1 is 1.37 bits per heavy atom. The molecule has 102 valence electrons. The number of nitrogens with zero attached hydrogens (tertiary/aromatic N) is 1. The Bertz CT molecular complexity index is 474. The second kappa shape index (κ2) is 7.83. The molecular formula is C12H15N3O4. The molecule has 1 aromatic carbocycles. The molecule has 1 aromatic rings. The van der Waals surface area contributed by atoms with Crippen molar-refractivity contribution >= 4 is 18.0 Å². The number of hydrogen-bond donors (Lipinski definition) is 3. The summed E-state index contributed by atoms with van der Waals surface area (Å²) in [5, 5.41) is 15.4. The molecule has 2 amide bonds. The lowest BCUT2D eigenvalue weighted by atomic mass is 10.2. The van der Waals surface area contributed by atoms with Crippen molar-refractivity contribution in [2.45, 2.75) is 0 Å². The van der Waals surface area contributed by atoms with E-state index in [1.807, 2.05) is 0 Å². The number of hydrazone groups is 1. The van der Waals surface area contributed by atoms with Gasteiger partial charge in [0.1, 0.15) is 5.75 Å². The first kappa shape index (κ1) is 14.7. The van der Waals surface area contributed by atoms with Gasteiger partial charge in [-0.15, -0.1) is 0 Å². The first-order chi connectivity index (χ1) is 9.15. The van der Waals surface area contributed by atoms with Crippen molar-refractivity contribution < 1.29 is 19.4 Å². The first-order valence-corrected chi connectivity index (χ1v) is 5.53. The first-order valence-electron chi connectivity index (χ1n) is 5.53. The number of para-hydroxylation sites is 1. The topological polar surface area (TPSA) is 100 Å². The van der Waals surface area contributed by atoms with Crippen LogP contribution in [0.1, 0.15) is 5.56 Å². The van der Waals surface area contributed by atoms with Crippen molar-refractivity contribution in [3.63, 3.8) is 0 Å². The SMILES string of the molecule is COCCNC(=O)C(=O)N/N=C\c1ccccc1O. The number of carbonyl (C=O) groups is 2. The van der Waals surface area contributed by atoms with Gasteiger partial charge in [0.2, 0.25) is 0 Å². The van der Waals surface area contributed by atoms with Crippen LogP contribution in [0.5, 0.6) is 5.75 Å². The molecule has 0 aliphatic carbocycles. The molecule has 7 heteroatoms. The van der Waals surface area contributed by atoms with Crippen LogP contribution in [0.3, 0.4) is 0 Å². The standard InChI is InChI=1S/C12H15N3O4/c1-19-7-6-13-11(17)12(18)15-14-8-9-4-2-3-5-10(9)16/h2-5,8,16H,6-7H2,1H3,(H,13,17)(H,15,18)/b14-8-. The third-order valence-electron chi connectivity index (χ3n) is 2.10. The molecule has 0 radical (unpaired) electrons. The van der Waals surface area contributed by atoms with Crippen LogP contribution in [0, 0.1) is 0 Å². The Balaban J connectivity index is 2.41. The van der Waals surface area contributed by atoms with Gasteiger partial charge in [-0.25, -0.2) is 5.43 Å². The molecule has 3 N–H and O–H groups in total. The molecule has 0 saturated carbocycles. The third kappa shape index (κ3) is 5.17.